The molecule has 0 saturated carbocycles. The zero-order valence-electron chi connectivity index (χ0n) is 13.9. The number of carbonyl (C=O) groups excluding carboxylic acids is 2. The number of hydrogen-bond acceptors (Lipinski definition) is 5. The molecule has 8 nitrogen and oxygen atoms in total. The molecule has 3 rings (SSSR count). The van der Waals surface area contributed by atoms with Crippen molar-refractivity contribution in [3.05, 3.63) is 65.0 Å². The third-order valence-electron chi connectivity index (χ3n) is 3.66. The number of nitrogens with one attached hydrogen (secondary N) is 2. The van der Waals surface area contributed by atoms with Crippen molar-refractivity contribution < 1.29 is 14.3 Å². The molecule has 1 heterocycles. The van der Waals surface area contributed by atoms with E-state index >= 15 is 0 Å². The van der Waals surface area contributed by atoms with E-state index in [9.17, 15) is 14.4 Å². The van der Waals surface area contributed by atoms with E-state index in [0.717, 1.165) is 0 Å². The lowest BCUT2D eigenvalue weighted by Gasteiger charge is -2.10. The van der Waals surface area contributed by atoms with E-state index in [0.29, 0.717) is 22.3 Å². The highest BCUT2D eigenvalue weighted by Crippen LogP contribution is 2.14. The van der Waals surface area contributed by atoms with Crippen molar-refractivity contribution in [3.8, 4) is 0 Å². The molecule has 0 bridgehead atoms. The minimum absolute atomic E-state index is 0.0387. The summed E-state index contributed by atoms with van der Waals surface area (Å²) in [5.74, 6) is -0.292. The molecule has 0 spiro atoms. The maximum Gasteiger partial charge on any atom is 0.411 e. The number of anilines is 2. The van der Waals surface area contributed by atoms with Crippen molar-refractivity contribution >= 4 is 34.3 Å². The standard InChI is InChI=1S/C18H16N4O4/c1-26-18(25)21-13-8-6-12(7-9-13)20-17(24)11-22-15-5-3-2-4-14(15)16(23)10-19-22/h2-10H,11H2,1H3,(H,20,24)(H,21,25). The third kappa shape index (κ3) is 3.86. The molecule has 0 aliphatic rings. The van der Waals surface area contributed by atoms with Crippen LogP contribution >= 0.6 is 0 Å². The predicted octanol–water partition coefficient (Wildman–Crippen LogP) is 2.21. The summed E-state index contributed by atoms with van der Waals surface area (Å²) >= 11 is 0. The Balaban J connectivity index is 1.71. The number of amides is 2. The van der Waals surface area contributed by atoms with E-state index < -0.39 is 6.09 Å². The molecule has 3 aromatic rings. The highest BCUT2D eigenvalue weighted by molar-refractivity contribution is 5.92. The Labute approximate surface area is 148 Å². The fraction of sp³-hybridized carbons (Fsp3) is 0.111. The average molecular weight is 352 g/mol. The van der Waals surface area contributed by atoms with E-state index in [-0.39, 0.29) is 17.9 Å². The van der Waals surface area contributed by atoms with Crippen molar-refractivity contribution in [1.82, 2.24) is 9.78 Å². The Morgan fingerprint density at radius 1 is 1.04 bits per heavy atom. The maximum atomic E-state index is 12.3. The summed E-state index contributed by atoms with van der Waals surface area (Å²) in [6.07, 6.45) is 0.626. The summed E-state index contributed by atoms with van der Waals surface area (Å²) in [5, 5.41) is 9.80. The molecule has 0 aliphatic carbocycles. The highest BCUT2D eigenvalue weighted by Gasteiger charge is 2.08. The molecule has 132 valence electrons. The van der Waals surface area contributed by atoms with E-state index in [4.69, 9.17) is 0 Å². The summed E-state index contributed by atoms with van der Waals surface area (Å²) in [5.41, 5.74) is 1.51. The summed E-state index contributed by atoms with van der Waals surface area (Å²) in [6.45, 7) is -0.0387. The second-order valence-corrected chi connectivity index (χ2v) is 5.43. The molecule has 0 fully saturated rings. The molecule has 2 aromatic carbocycles. The molecule has 0 aliphatic heterocycles. The summed E-state index contributed by atoms with van der Waals surface area (Å²) in [4.78, 5) is 35.2. The number of rotatable bonds is 4. The van der Waals surface area contributed by atoms with Gasteiger partial charge in [-0.25, -0.2) is 4.79 Å². The first-order valence-corrected chi connectivity index (χ1v) is 7.76. The lowest BCUT2D eigenvalue weighted by molar-refractivity contribution is -0.116. The van der Waals surface area contributed by atoms with Gasteiger partial charge < -0.3 is 10.1 Å². The van der Waals surface area contributed by atoms with Gasteiger partial charge in [-0.3, -0.25) is 19.6 Å². The molecule has 0 saturated heterocycles. The number of methoxy groups -OCH3 is 1. The van der Waals surface area contributed by atoms with Crippen molar-refractivity contribution in [3.63, 3.8) is 0 Å². The van der Waals surface area contributed by atoms with Crippen LogP contribution in [0.5, 0.6) is 0 Å². The van der Waals surface area contributed by atoms with Gasteiger partial charge in [0, 0.05) is 16.8 Å². The van der Waals surface area contributed by atoms with Gasteiger partial charge in [0.15, 0.2) is 0 Å². The number of ether oxygens (including phenoxy) is 1. The molecule has 1 aromatic heterocycles. The van der Waals surface area contributed by atoms with Gasteiger partial charge in [0.1, 0.15) is 6.54 Å². The van der Waals surface area contributed by atoms with Crippen LogP contribution in [0.15, 0.2) is 59.5 Å². The minimum atomic E-state index is -0.571. The Morgan fingerprint density at radius 3 is 2.38 bits per heavy atom. The molecule has 8 heteroatoms. The first kappa shape index (κ1) is 17.2. The SMILES string of the molecule is COC(=O)Nc1ccc(NC(=O)Cn2ncc(=O)c3ccccc32)cc1. The first-order chi connectivity index (χ1) is 12.6. The van der Waals surface area contributed by atoms with E-state index in [1.165, 1.54) is 18.0 Å². The van der Waals surface area contributed by atoms with Gasteiger partial charge in [0.25, 0.3) is 0 Å². The number of carbonyl (C=O) groups is 2. The number of nitrogens with zero attached hydrogens (tertiary/aromatic N) is 2. The monoisotopic (exact) mass is 352 g/mol. The molecule has 26 heavy (non-hydrogen) atoms. The van der Waals surface area contributed by atoms with Gasteiger partial charge in [-0.1, -0.05) is 12.1 Å². The summed E-state index contributed by atoms with van der Waals surface area (Å²) in [6, 6.07) is 13.6. The topological polar surface area (TPSA) is 102 Å². The van der Waals surface area contributed by atoms with E-state index in [2.05, 4.69) is 20.5 Å². The molecule has 0 atom stereocenters. The number of para-hydroxylation sites is 1. The van der Waals surface area contributed by atoms with Gasteiger partial charge in [0.2, 0.25) is 11.3 Å². The molecule has 2 amide bonds. The van der Waals surface area contributed by atoms with Crippen molar-refractivity contribution in [1.29, 1.82) is 0 Å². The minimum Gasteiger partial charge on any atom is -0.453 e. The van der Waals surface area contributed by atoms with Crippen LogP contribution in [0.4, 0.5) is 16.2 Å². The Morgan fingerprint density at radius 2 is 1.69 bits per heavy atom. The Hall–Kier alpha value is -3.68. The quantitative estimate of drug-likeness (QED) is 0.749. The second kappa shape index (κ2) is 7.47. The van der Waals surface area contributed by atoms with Crippen LogP contribution in [0.25, 0.3) is 10.9 Å². The number of hydrogen-bond donors (Lipinski definition) is 2. The van der Waals surface area contributed by atoms with Crippen LogP contribution in [0, 0.1) is 0 Å². The summed E-state index contributed by atoms with van der Waals surface area (Å²) in [7, 11) is 1.28. The van der Waals surface area contributed by atoms with Gasteiger partial charge in [-0.05, 0) is 36.4 Å². The first-order valence-electron chi connectivity index (χ1n) is 7.76. The molecular weight excluding hydrogens is 336 g/mol. The van der Waals surface area contributed by atoms with Gasteiger partial charge >= 0.3 is 6.09 Å². The zero-order chi connectivity index (χ0) is 18.5. The average Bonchev–Trinajstić information content (AvgIpc) is 2.66. The van der Waals surface area contributed by atoms with Gasteiger partial charge in [-0.2, -0.15) is 5.10 Å². The molecule has 2 N–H and O–H groups in total. The zero-order valence-corrected chi connectivity index (χ0v) is 13.9. The molecular formula is C18H16N4O4. The largest absolute Gasteiger partial charge is 0.453 e. The van der Waals surface area contributed by atoms with Crippen LogP contribution < -0.4 is 16.1 Å². The van der Waals surface area contributed by atoms with Crippen molar-refractivity contribution in [2.45, 2.75) is 6.54 Å². The Kier molecular flexibility index (Phi) is 4.93. The van der Waals surface area contributed by atoms with Crippen LogP contribution in [0.1, 0.15) is 0 Å². The highest BCUT2D eigenvalue weighted by atomic mass is 16.5. The Bertz CT molecular complexity index is 1010. The number of aromatic nitrogens is 2. The summed E-state index contributed by atoms with van der Waals surface area (Å²) < 4.78 is 5.98. The third-order valence-corrected chi connectivity index (χ3v) is 3.66. The fourth-order valence-corrected chi connectivity index (χ4v) is 2.43. The fourth-order valence-electron chi connectivity index (χ4n) is 2.43. The van der Waals surface area contributed by atoms with Crippen LogP contribution in [-0.4, -0.2) is 28.9 Å². The molecule has 0 radical (unpaired) electrons. The van der Waals surface area contributed by atoms with Crippen LogP contribution in [0.3, 0.4) is 0 Å². The maximum absolute atomic E-state index is 12.3. The smallest absolute Gasteiger partial charge is 0.411 e. The lowest BCUT2D eigenvalue weighted by atomic mass is 10.2. The number of benzene rings is 2. The van der Waals surface area contributed by atoms with E-state index in [1.54, 1.807) is 48.5 Å². The van der Waals surface area contributed by atoms with Crippen molar-refractivity contribution in [2.75, 3.05) is 17.7 Å². The van der Waals surface area contributed by atoms with Gasteiger partial charge in [0.05, 0.1) is 18.8 Å². The normalized spacial score (nSPS) is 10.3. The van der Waals surface area contributed by atoms with E-state index in [1.807, 2.05) is 0 Å². The van der Waals surface area contributed by atoms with Gasteiger partial charge in [-0.15, -0.1) is 0 Å². The lowest BCUT2D eigenvalue weighted by Crippen LogP contribution is -2.22. The van der Waals surface area contributed by atoms with Crippen molar-refractivity contribution in [2.24, 2.45) is 0 Å². The van der Waals surface area contributed by atoms with Crippen LogP contribution in [0.2, 0.25) is 0 Å². The predicted molar refractivity (Wildman–Crippen MR) is 97.1 cm³/mol. The second-order valence-electron chi connectivity index (χ2n) is 5.43. The molecule has 0 unspecified atom stereocenters. The number of fused-ring (bicyclic) bond motifs is 1. The van der Waals surface area contributed by atoms with Crippen LogP contribution in [-0.2, 0) is 16.1 Å².